The van der Waals surface area contributed by atoms with E-state index < -0.39 is 0 Å². The van der Waals surface area contributed by atoms with Crippen LogP contribution in [-0.4, -0.2) is 12.2 Å². The van der Waals surface area contributed by atoms with Crippen LogP contribution in [-0.2, 0) is 0 Å². The SMILES string of the molecule is CC.CC.CCF.Cc1ccccc1.F.[OH]. The van der Waals surface area contributed by atoms with Crippen molar-refractivity contribution in [3.05, 3.63) is 35.9 Å². The molecular formula is C13H27F2O. The van der Waals surface area contributed by atoms with Crippen LogP contribution in [0.15, 0.2) is 30.3 Å². The first kappa shape index (κ1) is 29.4. The molecule has 1 rings (SSSR count). The smallest absolute Gasteiger partial charge is 0.0866 e. The zero-order valence-corrected chi connectivity index (χ0v) is 11.3. The van der Waals surface area contributed by atoms with E-state index in [1.807, 2.05) is 45.9 Å². The lowest BCUT2D eigenvalue weighted by molar-refractivity contribution is 0.527. The second kappa shape index (κ2) is 36.9. The molecule has 0 unspecified atom stereocenters. The molecule has 99 valence electrons. The fraction of sp³-hybridized carbons (Fsp3) is 0.538. The molecule has 0 saturated heterocycles. The van der Waals surface area contributed by atoms with Gasteiger partial charge in [0.1, 0.15) is 0 Å². The lowest BCUT2D eigenvalue weighted by Gasteiger charge is -1.82. The van der Waals surface area contributed by atoms with Gasteiger partial charge in [-0.05, 0) is 13.8 Å². The molecule has 0 heterocycles. The molecule has 1 radical (unpaired) electrons. The molecule has 0 aromatic heterocycles. The summed E-state index contributed by atoms with van der Waals surface area (Å²) in [5.74, 6) is 0. The molecule has 0 aliphatic carbocycles. The first-order chi connectivity index (χ1) is 6.81. The average molecular weight is 237 g/mol. The maximum Gasteiger partial charge on any atom is 0.0866 e. The molecular weight excluding hydrogens is 210 g/mol. The normalized spacial score (nSPS) is 5.69. The predicted molar refractivity (Wildman–Crippen MR) is 70.0 cm³/mol. The van der Waals surface area contributed by atoms with Crippen molar-refractivity contribution < 1.29 is 14.6 Å². The Bertz CT molecular complexity index is 155. The Labute approximate surface area is 99.4 Å². The maximum absolute atomic E-state index is 10.3. The molecule has 16 heavy (non-hydrogen) atoms. The quantitative estimate of drug-likeness (QED) is 0.658. The summed E-state index contributed by atoms with van der Waals surface area (Å²) in [6, 6.07) is 10.3. The van der Waals surface area contributed by atoms with Crippen LogP contribution < -0.4 is 0 Å². The van der Waals surface area contributed by atoms with Gasteiger partial charge >= 0.3 is 0 Å². The van der Waals surface area contributed by atoms with Crippen molar-refractivity contribution >= 4 is 0 Å². The highest BCUT2D eigenvalue weighted by Crippen LogP contribution is 1.92. The minimum Gasteiger partial charge on any atom is -0.269 e. The van der Waals surface area contributed by atoms with Crippen LogP contribution >= 0.6 is 0 Å². The molecule has 0 spiro atoms. The lowest BCUT2D eigenvalue weighted by Crippen LogP contribution is -1.62. The van der Waals surface area contributed by atoms with Gasteiger partial charge in [0.05, 0.1) is 6.67 Å². The summed E-state index contributed by atoms with van der Waals surface area (Å²) in [4.78, 5) is 0. The molecule has 1 aromatic rings. The number of hydrogen-bond donors (Lipinski definition) is 1. The Balaban J connectivity index is -0.0000000394. The number of benzene rings is 1. The van der Waals surface area contributed by atoms with Gasteiger partial charge in [0.2, 0.25) is 0 Å². The number of hydrogen-bond acceptors (Lipinski definition) is 0. The van der Waals surface area contributed by atoms with Gasteiger partial charge in [-0.1, -0.05) is 63.6 Å². The van der Waals surface area contributed by atoms with Gasteiger partial charge in [-0.2, -0.15) is 0 Å². The van der Waals surface area contributed by atoms with Crippen LogP contribution in [0.1, 0.15) is 40.2 Å². The first-order valence-electron chi connectivity index (χ1n) is 5.39. The summed E-state index contributed by atoms with van der Waals surface area (Å²) in [7, 11) is 0. The first-order valence-corrected chi connectivity index (χ1v) is 5.39. The molecule has 0 bridgehead atoms. The van der Waals surface area contributed by atoms with Gasteiger partial charge in [0.25, 0.3) is 0 Å². The van der Waals surface area contributed by atoms with Crippen LogP contribution in [0, 0.1) is 6.92 Å². The summed E-state index contributed by atoms with van der Waals surface area (Å²) in [6.45, 7) is 11.3. The lowest BCUT2D eigenvalue weighted by atomic mass is 10.2. The van der Waals surface area contributed by atoms with Gasteiger partial charge in [0.15, 0.2) is 0 Å². The Hall–Kier alpha value is -0.960. The Morgan fingerprint density at radius 3 is 1.31 bits per heavy atom. The minimum absolute atomic E-state index is 0. The zero-order valence-electron chi connectivity index (χ0n) is 11.3. The number of alkyl halides is 1. The van der Waals surface area contributed by atoms with Crippen LogP contribution in [0.3, 0.4) is 0 Å². The van der Waals surface area contributed by atoms with Gasteiger partial charge in [0, 0.05) is 0 Å². The topological polar surface area (TPSA) is 30.0 Å². The molecule has 0 fully saturated rings. The molecule has 1 aromatic carbocycles. The molecule has 0 aliphatic heterocycles. The standard InChI is InChI=1S/C7H8.C2H5F.2C2H6.FH.HO/c1-7-5-3-2-4-6-7;1-2-3;2*1-2;;/h2-6H,1H3;2H2,1H3;2*1-2H3;2*1H. The van der Waals surface area contributed by atoms with Crippen LogP contribution in [0.25, 0.3) is 0 Å². The number of halogens is 2. The molecule has 0 saturated carbocycles. The second-order valence-corrected chi connectivity index (χ2v) is 1.92. The van der Waals surface area contributed by atoms with E-state index in [4.69, 9.17) is 0 Å². The summed E-state index contributed by atoms with van der Waals surface area (Å²) in [5, 5.41) is 0. The highest BCUT2D eigenvalue weighted by molar-refractivity contribution is 5.11. The van der Waals surface area contributed by atoms with Crippen molar-refractivity contribution in [2.75, 3.05) is 6.67 Å². The third-order valence-electron chi connectivity index (χ3n) is 0.940. The molecule has 0 aliphatic rings. The predicted octanol–water partition coefficient (Wildman–Crippen LogP) is 5.00. The highest BCUT2D eigenvalue weighted by Gasteiger charge is 1.72. The number of rotatable bonds is 0. The van der Waals surface area contributed by atoms with E-state index in [0.29, 0.717) is 0 Å². The maximum atomic E-state index is 10.3. The van der Waals surface area contributed by atoms with E-state index in [9.17, 15) is 4.39 Å². The monoisotopic (exact) mass is 237 g/mol. The van der Waals surface area contributed by atoms with Crippen molar-refractivity contribution in [1.82, 2.24) is 0 Å². The zero-order chi connectivity index (χ0) is 11.8. The molecule has 1 nitrogen and oxygen atoms in total. The molecule has 0 amide bonds. The summed E-state index contributed by atoms with van der Waals surface area (Å²) >= 11 is 0. The van der Waals surface area contributed by atoms with Crippen molar-refractivity contribution in [1.29, 1.82) is 0 Å². The highest BCUT2D eigenvalue weighted by atomic mass is 19.1. The summed E-state index contributed by atoms with van der Waals surface area (Å²) in [6.07, 6.45) is 0. The van der Waals surface area contributed by atoms with Gasteiger partial charge in [-0.3, -0.25) is 14.6 Å². The van der Waals surface area contributed by atoms with Crippen LogP contribution in [0.2, 0.25) is 0 Å². The molecule has 0 atom stereocenters. The third-order valence-corrected chi connectivity index (χ3v) is 0.940. The fourth-order valence-electron chi connectivity index (χ4n) is 0.534. The van der Waals surface area contributed by atoms with Crippen LogP contribution in [0.5, 0.6) is 0 Å². The van der Waals surface area contributed by atoms with E-state index in [2.05, 4.69) is 19.1 Å². The molecule has 1 N–H and O–H groups in total. The van der Waals surface area contributed by atoms with E-state index in [1.165, 1.54) is 12.5 Å². The minimum atomic E-state index is -0.250. The Morgan fingerprint density at radius 1 is 0.938 bits per heavy atom. The largest absolute Gasteiger partial charge is 0.269 e. The summed E-state index contributed by atoms with van der Waals surface area (Å²) < 4.78 is 10.3. The van der Waals surface area contributed by atoms with E-state index >= 15 is 0 Å². The second-order valence-electron chi connectivity index (χ2n) is 1.92. The Kier molecular flexibility index (Phi) is 67.9. The van der Waals surface area contributed by atoms with Gasteiger partial charge < -0.3 is 0 Å². The van der Waals surface area contributed by atoms with Gasteiger partial charge in [-0.25, -0.2) is 0 Å². The van der Waals surface area contributed by atoms with Crippen molar-refractivity contribution in [3.63, 3.8) is 0 Å². The van der Waals surface area contributed by atoms with Crippen molar-refractivity contribution in [2.24, 2.45) is 0 Å². The van der Waals surface area contributed by atoms with E-state index in [-0.39, 0.29) is 16.9 Å². The number of aryl methyl sites for hydroxylation is 1. The third kappa shape index (κ3) is 38.1. The fourth-order valence-corrected chi connectivity index (χ4v) is 0.534. The van der Waals surface area contributed by atoms with E-state index in [0.717, 1.165) is 0 Å². The Morgan fingerprint density at radius 2 is 1.19 bits per heavy atom. The van der Waals surface area contributed by atoms with Gasteiger partial charge in [-0.15, -0.1) is 0 Å². The van der Waals surface area contributed by atoms with E-state index in [1.54, 1.807) is 0 Å². The summed E-state index contributed by atoms with van der Waals surface area (Å²) in [5.41, 5.74) is 1.32. The average Bonchev–Trinajstić information content (AvgIpc) is 2.26. The van der Waals surface area contributed by atoms with Crippen molar-refractivity contribution in [2.45, 2.75) is 41.5 Å². The van der Waals surface area contributed by atoms with Crippen molar-refractivity contribution in [3.8, 4) is 0 Å². The molecule has 3 heteroatoms. The van der Waals surface area contributed by atoms with Crippen LogP contribution in [0.4, 0.5) is 9.09 Å².